The van der Waals surface area contributed by atoms with Gasteiger partial charge in [0.1, 0.15) is 18.5 Å². The van der Waals surface area contributed by atoms with E-state index in [1.807, 2.05) is 12.1 Å². The molecule has 0 radical (unpaired) electrons. The zero-order valence-electron chi connectivity index (χ0n) is 12.8. The number of likely N-dealkylation sites (tertiary alicyclic amines) is 1. The number of aliphatic hydroxyl groups is 1. The van der Waals surface area contributed by atoms with Gasteiger partial charge in [0.2, 0.25) is 0 Å². The molecule has 1 N–H and O–H groups in total. The fourth-order valence-electron chi connectivity index (χ4n) is 3.72. The van der Waals surface area contributed by atoms with Gasteiger partial charge in [-0.2, -0.15) is 0 Å². The number of rotatable bonds is 2. The van der Waals surface area contributed by atoms with Crippen molar-refractivity contribution in [3.8, 4) is 5.75 Å². The SMILES string of the molecule is CCc1cc(Cl)cc2c1OCC(O)C2N1CCCC(C)C1. The number of benzene rings is 1. The molecule has 3 rings (SSSR count). The first-order chi connectivity index (χ1) is 10.1. The number of ether oxygens (including phenoxy) is 1. The van der Waals surface area contributed by atoms with Crippen LogP contribution in [-0.4, -0.2) is 35.8 Å². The van der Waals surface area contributed by atoms with Crippen LogP contribution < -0.4 is 4.74 Å². The van der Waals surface area contributed by atoms with Crippen molar-refractivity contribution in [2.75, 3.05) is 19.7 Å². The second-order valence-electron chi connectivity index (χ2n) is 6.40. The number of fused-ring (bicyclic) bond motifs is 1. The summed E-state index contributed by atoms with van der Waals surface area (Å²) in [6.07, 6.45) is 2.88. The van der Waals surface area contributed by atoms with Crippen molar-refractivity contribution >= 4 is 11.6 Å². The Morgan fingerprint density at radius 2 is 2.24 bits per heavy atom. The van der Waals surface area contributed by atoms with Crippen molar-refractivity contribution < 1.29 is 9.84 Å². The number of hydrogen-bond donors (Lipinski definition) is 1. The topological polar surface area (TPSA) is 32.7 Å². The zero-order valence-corrected chi connectivity index (χ0v) is 13.6. The van der Waals surface area contributed by atoms with Crippen LogP contribution >= 0.6 is 11.6 Å². The van der Waals surface area contributed by atoms with Crippen molar-refractivity contribution in [2.45, 2.75) is 45.3 Å². The summed E-state index contributed by atoms with van der Waals surface area (Å²) in [5.74, 6) is 1.62. The summed E-state index contributed by atoms with van der Waals surface area (Å²) >= 11 is 6.29. The van der Waals surface area contributed by atoms with Gasteiger partial charge in [0.25, 0.3) is 0 Å². The summed E-state index contributed by atoms with van der Waals surface area (Å²) in [4.78, 5) is 2.41. The molecular formula is C17H24ClNO2. The van der Waals surface area contributed by atoms with E-state index in [0.717, 1.165) is 41.4 Å². The summed E-state index contributed by atoms with van der Waals surface area (Å²) in [6.45, 7) is 6.85. The van der Waals surface area contributed by atoms with Gasteiger partial charge in [-0.3, -0.25) is 4.90 Å². The third-order valence-corrected chi connectivity index (χ3v) is 4.92. The number of aliphatic hydroxyl groups excluding tert-OH is 1. The molecule has 21 heavy (non-hydrogen) atoms. The molecule has 0 aliphatic carbocycles. The van der Waals surface area contributed by atoms with Crippen LogP contribution in [0.15, 0.2) is 12.1 Å². The lowest BCUT2D eigenvalue weighted by atomic mass is 9.90. The average Bonchev–Trinajstić information content (AvgIpc) is 2.46. The maximum absolute atomic E-state index is 10.5. The van der Waals surface area contributed by atoms with E-state index in [1.54, 1.807) is 0 Å². The number of aryl methyl sites for hydroxylation is 1. The van der Waals surface area contributed by atoms with Gasteiger partial charge in [-0.1, -0.05) is 25.4 Å². The van der Waals surface area contributed by atoms with Gasteiger partial charge in [-0.05, 0) is 49.4 Å². The average molecular weight is 310 g/mol. The lowest BCUT2D eigenvalue weighted by Gasteiger charge is -2.42. The monoisotopic (exact) mass is 309 g/mol. The van der Waals surface area contributed by atoms with Crippen LogP contribution in [-0.2, 0) is 6.42 Å². The highest BCUT2D eigenvalue weighted by Crippen LogP contribution is 2.41. The third kappa shape index (κ3) is 2.92. The largest absolute Gasteiger partial charge is 0.490 e. The van der Waals surface area contributed by atoms with Gasteiger partial charge in [0, 0.05) is 17.1 Å². The fraction of sp³-hybridized carbons (Fsp3) is 0.647. The molecule has 0 saturated carbocycles. The molecule has 0 aromatic heterocycles. The van der Waals surface area contributed by atoms with Crippen LogP contribution in [0.4, 0.5) is 0 Å². The molecule has 0 bridgehead atoms. The number of hydrogen-bond acceptors (Lipinski definition) is 3. The van der Waals surface area contributed by atoms with Gasteiger partial charge in [-0.15, -0.1) is 0 Å². The minimum absolute atomic E-state index is 0.0144. The van der Waals surface area contributed by atoms with Crippen LogP contribution in [0.1, 0.15) is 43.9 Å². The first kappa shape index (κ1) is 15.1. The first-order valence-corrected chi connectivity index (χ1v) is 8.35. The molecule has 3 nitrogen and oxygen atoms in total. The predicted molar refractivity (Wildman–Crippen MR) is 85.0 cm³/mol. The third-order valence-electron chi connectivity index (χ3n) is 4.70. The maximum Gasteiger partial charge on any atom is 0.127 e. The van der Waals surface area contributed by atoms with Gasteiger partial charge in [0.15, 0.2) is 0 Å². The Hall–Kier alpha value is -0.770. The Morgan fingerprint density at radius 1 is 1.43 bits per heavy atom. The first-order valence-electron chi connectivity index (χ1n) is 7.97. The van der Waals surface area contributed by atoms with Crippen LogP contribution in [0.3, 0.4) is 0 Å². The molecule has 2 aliphatic heterocycles. The fourth-order valence-corrected chi connectivity index (χ4v) is 3.97. The van der Waals surface area contributed by atoms with Crippen molar-refractivity contribution in [3.05, 3.63) is 28.3 Å². The smallest absolute Gasteiger partial charge is 0.127 e. The van der Waals surface area contributed by atoms with Gasteiger partial charge >= 0.3 is 0 Å². The van der Waals surface area contributed by atoms with E-state index in [4.69, 9.17) is 16.3 Å². The maximum atomic E-state index is 10.5. The normalized spacial score (nSPS) is 29.8. The molecule has 0 amide bonds. The Labute approximate surface area is 131 Å². The van der Waals surface area contributed by atoms with E-state index in [-0.39, 0.29) is 6.04 Å². The molecule has 1 saturated heterocycles. The quantitative estimate of drug-likeness (QED) is 0.908. The molecule has 1 aromatic carbocycles. The van der Waals surface area contributed by atoms with Crippen molar-refractivity contribution in [1.82, 2.24) is 4.90 Å². The molecule has 1 aromatic rings. The lowest BCUT2D eigenvalue weighted by Crippen LogP contribution is -2.46. The van der Waals surface area contributed by atoms with Crippen molar-refractivity contribution in [2.24, 2.45) is 5.92 Å². The summed E-state index contributed by atoms with van der Waals surface area (Å²) < 4.78 is 5.83. The van der Waals surface area contributed by atoms with Crippen molar-refractivity contribution in [1.29, 1.82) is 0 Å². The van der Waals surface area contributed by atoms with E-state index in [1.165, 1.54) is 12.8 Å². The van der Waals surface area contributed by atoms with Crippen molar-refractivity contribution in [3.63, 3.8) is 0 Å². The summed E-state index contributed by atoms with van der Waals surface area (Å²) in [5, 5.41) is 11.2. The summed E-state index contributed by atoms with van der Waals surface area (Å²) in [5.41, 5.74) is 2.20. The molecule has 116 valence electrons. The Balaban J connectivity index is 2.00. The highest BCUT2D eigenvalue weighted by Gasteiger charge is 2.36. The zero-order chi connectivity index (χ0) is 15.0. The second kappa shape index (κ2) is 6.15. The van der Waals surface area contributed by atoms with Crippen LogP contribution in [0, 0.1) is 5.92 Å². The van der Waals surface area contributed by atoms with Gasteiger partial charge in [0.05, 0.1) is 6.04 Å². The minimum Gasteiger partial charge on any atom is -0.490 e. The van der Waals surface area contributed by atoms with Gasteiger partial charge in [-0.25, -0.2) is 0 Å². The summed E-state index contributed by atoms with van der Waals surface area (Å²) in [6, 6.07) is 3.97. The molecular weight excluding hydrogens is 286 g/mol. The van der Waals surface area contributed by atoms with E-state index >= 15 is 0 Å². The van der Waals surface area contributed by atoms with Gasteiger partial charge < -0.3 is 9.84 Å². The standard InChI is InChI=1S/C17H24ClNO2/c1-3-12-7-13(18)8-14-16(15(20)10-21-17(12)14)19-6-4-5-11(2)9-19/h7-8,11,15-16,20H,3-6,9-10H2,1-2H3. The van der Waals surface area contributed by atoms with E-state index in [0.29, 0.717) is 12.5 Å². The number of nitrogens with zero attached hydrogens (tertiary/aromatic N) is 1. The molecule has 3 atom stereocenters. The predicted octanol–water partition coefficient (Wildman–Crippen LogP) is 3.43. The molecule has 3 unspecified atom stereocenters. The molecule has 2 heterocycles. The lowest BCUT2D eigenvalue weighted by molar-refractivity contribution is -0.0143. The highest BCUT2D eigenvalue weighted by molar-refractivity contribution is 6.30. The summed E-state index contributed by atoms with van der Waals surface area (Å²) in [7, 11) is 0. The Bertz CT molecular complexity index is 520. The van der Waals surface area contributed by atoms with E-state index in [2.05, 4.69) is 18.7 Å². The molecule has 4 heteroatoms. The van der Waals surface area contributed by atoms with E-state index in [9.17, 15) is 5.11 Å². The Kier molecular flexibility index (Phi) is 4.43. The molecule has 0 spiro atoms. The van der Waals surface area contributed by atoms with Crippen LogP contribution in [0.5, 0.6) is 5.75 Å². The van der Waals surface area contributed by atoms with Crippen LogP contribution in [0.2, 0.25) is 5.02 Å². The van der Waals surface area contributed by atoms with E-state index < -0.39 is 6.10 Å². The highest BCUT2D eigenvalue weighted by atomic mass is 35.5. The Morgan fingerprint density at radius 3 is 2.95 bits per heavy atom. The molecule has 2 aliphatic rings. The van der Waals surface area contributed by atoms with Crippen LogP contribution in [0.25, 0.3) is 0 Å². The number of piperidine rings is 1. The second-order valence-corrected chi connectivity index (χ2v) is 6.84. The minimum atomic E-state index is -0.481. The number of halogens is 1. The molecule has 1 fully saturated rings.